The lowest BCUT2D eigenvalue weighted by Gasteiger charge is -2.27. The van der Waals surface area contributed by atoms with Gasteiger partial charge in [-0.2, -0.15) is 5.10 Å². The van der Waals surface area contributed by atoms with E-state index in [0.717, 1.165) is 5.56 Å². The second-order valence-corrected chi connectivity index (χ2v) is 7.64. The van der Waals surface area contributed by atoms with Crippen LogP contribution in [-0.4, -0.2) is 49.7 Å². The van der Waals surface area contributed by atoms with Gasteiger partial charge in [-0.1, -0.05) is 0 Å². The van der Waals surface area contributed by atoms with Gasteiger partial charge in [0.2, 0.25) is 11.8 Å². The summed E-state index contributed by atoms with van der Waals surface area (Å²) in [6, 6.07) is -0.356. The lowest BCUT2D eigenvalue weighted by molar-refractivity contribution is -0.138. The largest absolute Gasteiger partial charge is 0.350 e. The molecule has 6 nitrogen and oxygen atoms in total. The minimum Gasteiger partial charge on any atom is -0.350 e. The number of rotatable bonds is 4. The Bertz CT molecular complexity index is 550. The van der Waals surface area contributed by atoms with Gasteiger partial charge >= 0.3 is 0 Å². The summed E-state index contributed by atoms with van der Waals surface area (Å²) in [4.78, 5) is 26.4. The van der Waals surface area contributed by atoms with Gasteiger partial charge in [0.15, 0.2) is 0 Å². The Morgan fingerprint density at radius 3 is 2.77 bits per heavy atom. The van der Waals surface area contributed by atoms with Gasteiger partial charge < -0.3 is 10.2 Å². The van der Waals surface area contributed by atoms with E-state index in [1.165, 1.54) is 0 Å². The van der Waals surface area contributed by atoms with Gasteiger partial charge in [0.1, 0.15) is 6.04 Å². The van der Waals surface area contributed by atoms with E-state index in [4.69, 9.17) is 0 Å². The molecule has 1 unspecified atom stereocenters. The van der Waals surface area contributed by atoms with Crippen LogP contribution in [0.25, 0.3) is 0 Å². The smallest absolute Gasteiger partial charge is 0.244 e. The van der Waals surface area contributed by atoms with Crippen LogP contribution in [0.15, 0.2) is 12.4 Å². The first-order chi connectivity index (χ1) is 10.3. The van der Waals surface area contributed by atoms with Crippen molar-refractivity contribution in [1.29, 1.82) is 0 Å². The molecule has 2 amide bonds. The van der Waals surface area contributed by atoms with Crippen molar-refractivity contribution in [3.63, 3.8) is 0 Å². The molecule has 0 aliphatic carbocycles. The van der Waals surface area contributed by atoms with Crippen molar-refractivity contribution in [3.05, 3.63) is 18.0 Å². The first-order valence-corrected chi connectivity index (χ1v) is 8.58. The molecule has 0 spiro atoms. The molecule has 2 rings (SSSR count). The van der Waals surface area contributed by atoms with Crippen LogP contribution in [0.2, 0.25) is 0 Å². The number of aromatic nitrogens is 2. The van der Waals surface area contributed by atoms with Crippen LogP contribution in [0.4, 0.5) is 0 Å². The first kappa shape index (κ1) is 16.9. The number of amides is 2. The molecule has 0 aromatic carbocycles. The molecule has 1 saturated heterocycles. The van der Waals surface area contributed by atoms with Crippen LogP contribution in [0.1, 0.15) is 32.8 Å². The van der Waals surface area contributed by atoms with E-state index in [9.17, 15) is 9.59 Å². The number of aryl methyl sites for hydroxylation is 2. The second-order valence-electron chi connectivity index (χ2n) is 6.64. The number of hydrogen-bond acceptors (Lipinski definition) is 4. The minimum atomic E-state index is -0.356. The van der Waals surface area contributed by atoms with Crippen molar-refractivity contribution in [2.75, 3.05) is 11.6 Å². The summed E-state index contributed by atoms with van der Waals surface area (Å²) >= 11 is 1.63. The fraction of sp³-hybridized carbons (Fsp3) is 0.667. The predicted molar refractivity (Wildman–Crippen MR) is 87.4 cm³/mol. The Labute approximate surface area is 135 Å². The topological polar surface area (TPSA) is 67.2 Å². The monoisotopic (exact) mass is 324 g/mol. The molecule has 1 atom stereocenters. The van der Waals surface area contributed by atoms with Gasteiger partial charge in [0.05, 0.1) is 12.1 Å². The number of nitrogens with zero attached hydrogens (tertiary/aromatic N) is 3. The van der Waals surface area contributed by atoms with Gasteiger partial charge in [-0.3, -0.25) is 14.3 Å². The normalized spacial score (nSPS) is 18.5. The zero-order valence-corrected chi connectivity index (χ0v) is 14.4. The highest BCUT2D eigenvalue weighted by molar-refractivity contribution is 7.99. The number of thioether (sulfide) groups is 1. The Morgan fingerprint density at radius 1 is 1.45 bits per heavy atom. The third-order valence-corrected chi connectivity index (χ3v) is 4.40. The van der Waals surface area contributed by atoms with Gasteiger partial charge in [-0.15, -0.1) is 11.8 Å². The Kier molecular flexibility index (Phi) is 5.16. The van der Waals surface area contributed by atoms with Crippen LogP contribution in [0.5, 0.6) is 0 Å². The summed E-state index contributed by atoms with van der Waals surface area (Å²) in [7, 11) is 1.86. The standard InChI is InChI=1S/C15H24N4O2S/c1-15(2,3)17-14(21)12-9-22-10-19(12)13(20)6-5-11-7-16-18(4)8-11/h7-8,12H,5-6,9-10H2,1-4H3,(H,17,21). The van der Waals surface area contributed by atoms with E-state index >= 15 is 0 Å². The lowest BCUT2D eigenvalue weighted by atomic mass is 10.1. The molecular weight excluding hydrogens is 300 g/mol. The summed E-state index contributed by atoms with van der Waals surface area (Å²) < 4.78 is 1.73. The summed E-state index contributed by atoms with van der Waals surface area (Å²) in [5.74, 6) is 1.23. The molecule has 1 aromatic heterocycles. The molecule has 1 fully saturated rings. The maximum Gasteiger partial charge on any atom is 0.244 e. The zero-order chi connectivity index (χ0) is 16.3. The van der Waals surface area contributed by atoms with Crippen LogP contribution in [-0.2, 0) is 23.1 Å². The van der Waals surface area contributed by atoms with E-state index in [-0.39, 0.29) is 23.4 Å². The van der Waals surface area contributed by atoms with E-state index in [1.807, 2.05) is 34.0 Å². The highest BCUT2D eigenvalue weighted by atomic mass is 32.2. The molecule has 2 heterocycles. The van der Waals surface area contributed by atoms with E-state index in [0.29, 0.717) is 24.5 Å². The van der Waals surface area contributed by atoms with Crippen molar-refractivity contribution in [2.24, 2.45) is 7.05 Å². The quantitative estimate of drug-likeness (QED) is 0.903. The van der Waals surface area contributed by atoms with Gasteiger partial charge in [0, 0.05) is 31.0 Å². The number of nitrogens with one attached hydrogen (secondary N) is 1. The fourth-order valence-corrected chi connectivity index (χ4v) is 3.54. The highest BCUT2D eigenvalue weighted by Gasteiger charge is 2.35. The minimum absolute atomic E-state index is 0.0305. The zero-order valence-electron chi connectivity index (χ0n) is 13.6. The van der Waals surface area contributed by atoms with Crippen molar-refractivity contribution >= 4 is 23.6 Å². The predicted octanol–water partition coefficient (Wildman–Crippen LogP) is 1.17. The molecule has 1 aromatic rings. The summed E-state index contributed by atoms with van der Waals surface area (Å²) in [5, 5.41) is 7.06. The maximum absolute atomic E-state index is 12.4. The maximum atomic E-state index is 12.4. The van der Waals surface area contributed by atoms with Crippen molar-refractivity contribution in [1.82, 2.24) is 20.0 Å². The molecular formula is C15H24N4O2S. The molecule has 1 N–H and O–H groups in total. The summed E-state index contributed by atoms with van der Waals surface area (Å²) in [6.07, 6.45) is 4.75. The molecule has 0 bridgehead atoms. The third kappa shape index (κ3) is 4.50. The second kappa shape index (κ2) is 6.73. The molecule has 0 radical (unpaired) electrons. The van der Waals surface area contributed by atoms with Gasteiger partial charge in [-0.05, 0) is 32.8 Å². The average Bonchev–Trinajstić information content (AvgIpc) is 3.02. The number of carbonyl (C=O) groups excluding carboxylic acids is 2. The molecule has 122 valence electrons. The summed E-state index contributed by atoms with van der Waals surface area (Å²) in [6.45, 7) is 5.84. The third-order valence-electron chi connectivity index (χ3n) is 3.39. The Balaban J connectivity index is 1.91. The fourth-order valence-electron chi connectivity index (χ4n) is 2.35. The van der Waals surface area contributed by atoms with Crippen LogP contribution < -0.4 is 5.32 Å². The molecule has 1 aliphatic rings. The van der Waals surface area contributed by atoms with Crippen LogP contribution >= 0.6 is 11.8 Å². The van der Waals surface area contributed by atoms with Crippen LogP contribution in [0.3, 0.4) is 0 Å². The molecule has 0 saturated carbocycles. The molecule has 22 heavy (non-hydrogen) atoms. The highest BCUT2D eigenvalue weighted by Crippen LogP contribution is 2.23. The Morgan fingerprint density at radius 2 is 2.18 bits per heavy atom. The van der Waals surface area contributed by atoms with Crippen molar-refractivity contribution in [3.8, 4) is 0 Å². The van der Waals surface area contributed by atoms with Crippen LogP contribution in [0, 0.1) is 0 Å². The van der Waals surface area contributed by atoms with Crippen molar-refractivity contribution < 1.29 is 9.59 Å². The number of carbonyl (C=O) groups is 2. The van der Waals surface area contributed by atoms with Crippen molar-refractivity contribution in [2.45, 2.75) is 45.2 Å². The molecule has 7 heteroatoms. The SMILES string of the molecule is Cn1cc(CCC(=O)N2CSCC2C(=O)NC(C)(C)C)cn1. The Hall–Kier alpha value is -1.50. The first-order valence-electron chi connectivity index (χ1n) is 7.43. The van der Waals surface area contributed by atoms with Gasteiger partial charge in [-0.25, -0.2) is 0 Å². The summed E-state index contributed by atoms with van der Waals surface area (Å²) in [5.41, 5.74) is 0.757. The lowest BCUT2D eigenvalue weighted by Crippen LogP contribution is -2.52. The molecule has 1 aliphatic heterocycles. The average molecular weight is 324 g/mol. The number of hydrogen-bond donors (Lipinski definition) is 1. The van der Waals surface area contributed by atoms with E-state index < -0.39 is 0 Å². The van der Waals surface area contributed by atoms with E-state index in [2.05, 4.69) is 10.4 Å². The van der Waals surface area contributed by atoms with E-state index in [1.54, 1.807) is 27.5 Å². The van der Waals surface area contributed by atoms with Gasteiger partial charge in [0.25, 0.3) is 0 Å².